The van der Waals surface area contributed by atoms with E-state index >= 15 is 0 Å². The van der Waals surface area contributed by atoms with Gasteiger partial charge in [0.15, 0.2) is 0 Å². The molecule has 2 aromatic carbocycles. The molecule has 3 rings (SSSR count). The van der Waals surface area contributed by atoms with Crippen molar-refractivity contribution in [3.63, 3.8) is 0 Å². The third-order valence-corrected chi connectivity index (χ3v) is 5.72. The predicted molar refractivity (Wildman–Crippen MR) is 126 cm³/mol. The third kappa shape index (κ3) is 7.22. The Labute approximate surface area is 199 Å². The highest BCUT2D eigenvalue weighted by Gasteiger charge is 2.29. The summed E-state index contributed by atoms with van der Waals surface area (Å²) in [6.07, 6.45) is -1.36. The number of carbonyl (C=O) groups is 1. The van der Waals surface area contributed by atoms with Gasteiger partial charge in [0.2, 0.25) is 0 Å². The Morgan fingerprint density at radius 2 is 1.74 bits per heavy atom. The molecular formula is C27H31F3N2O2. The van der Waals surface area contributed by atoms with Crippen molar-refractivity contribution >= 4 is 5.97 Å². The predicted octanol–water partition coefficient (Wildman–Crippen LogP) is 6.39. The molecule has 182 valence electrons. The van der Waals surface area contributed by atoms with Gasteiger partial charge in [-0.2, -0.15) is 13.2 Å². The molecule has 0 fully saturated rings. The smallest absolute Gasteiger partial charge is 0.416 e. The van der Waals surface area contributed by atoms with Gasteiger partial charge in [-0.1, -0.05) is 38.1 Å². The lowest BCUT2D eigenvalue weighted by Crippen LogP contribution is -2.26. The number of nitrogens with zero attached hydrogens (tertiary/aromatic N) is 2. The highest BCUT2D eigenvalue weighted by Crippen LogP contribution is 2.29. The average molecular weight is 473 g/mol. The molecule has 34 heavy (non-hydrogen) atoms. The van der Waals surface area contributed by atoms with Gasteiger partial charge in [0.25, 0.3) is 0 Å². The number of benzene rings is 2. The van der Waals surface area contributed by atoms with Gasteiger partial charge in [-0.15, -0.1) is 0 Å². The van der Waals surface area contributed by atoms with E-state index in [0.29, 0.717) is 31.1 Å². The molecule has 0 unspecified atom stereocenters. The Morgan fingerprint density at radius 1 is 1.00 bits per heavy atom. The van der Waals surface area contributed by atoms with Crippen LogP contribution in [0.5, 0.6) is 0 Å². The fourth-order valence-corrected chi connectivity index (χ4v) is 3.80. The van der Waals surface area contributed by atoms with Crippen molar-refractivity contribution < 1.29 is 22.7 Å². The lowest BCUT2D eigenvalue weighted by Gasteiger charge is -2.24. The van der Waals surface area contributed by atoms with Crippen LogP contribution >= 0.6 is 0 Å². The van der Waals surface area contributed by atoms with Gasteiger partial charge in [0.05, 0.1) is 18.2 Å². The van der Waals surface area contributed by atoms with Gasteiger partial charge in [-0.05, 0) is 66.4 Å². The molecular weight excluding hydrogens is 441 g/mol. The molecule has 0 N–H and O–H groups in total. The number of carbonyl (C=O) groups excluding carboxylic acids is 1. The van der Waals surface area contributed by atoms with E-state index in [1.807, 2.05) is 36.5 Å². The fourth-order valence-electron chi connectivity index (χ4n) is 3.80. The van der Waals surface area contributed by atoms with E-state index in [9.17, 15) is 18.0 Å². The Balaban J connectivity index is 1.75. The monoisotopic (exact) mass is 472 g/mol. The minimum Gasteiger partial charge on any atom is -0.465 e. The molecule has 0 saturated heterocycles. The highest BCUT2D eigenvalue weighted by atomic mass is 19.4. The zero-order valence-corrected chi connectivity index (χ0v) is 19.8. The highest BCUT2D eigenvalue weighted by molar-refractivity contribution is 5.89. The van der Waals surface area contributed by atoms with Gasteiger partial charge < -0.3 is 9.30 Å². The van der Waals surface area contributed by atoms with Crippen LogP contribution in [0, 0.1) is 5.92 Å². The van der Waals surface area contributed by atoms with Gasteiger partial charge in [-0.3, -0.25) is 4.90 Å². The summed E-state index contributed by atoms with van der Waals surface area (Å²) in [7, 11) is 1.37. The van der Waals surface area contributed by atoms with E-state index in [-0.39, 0.29) is 5.97 Å². The van der Waals surface area contributed by atoms with Crippen molar-refractivity contribution in [2.24, 2.45) is 5.92 Å². The normalized spacial score (nSPS) is 11.9. The summed E-state index contributed by atoms with van der Waals surface area (Å²) in [5, 5.41) is 0. The van der Waals surface area contributed by atoms with Gasteiger partial charge in [-0.25, -0.2) is 4.79 Å². The molecule has 0 bridgehead atoms. The number of hydrogen-bond donors (Lipinski definition) is 0. The number of aromatic nitrogens is 1. The lowest BCUT2D eigenvalue weighted by molar-refractivity contribution is -0.137. The van der Waals surface area contributed by atoms with Crippen LogP contribution in [0.3, 0.4) is 0 Å². The van der Waals surface area contributed by atoms with Crippen LogP contribution in [0.15, 0.2) is 66.9 Å². The molecule has 0 atom stereocenters. The standard InChI is InChI=1S/C27H31F3N2O2/c1-20(2)13-15-31(17-22-6-4-7-23(16-22)26(33)34-3)19-25-8-5-14-32(25)18-21-9-11-24(12-10-21)27(28,29)30/h4-12,14,16,20H,13,15,17-19H2,1-3H3. The molecule has 0 saturated carbocycles. The quantitative estimate of drug-likeness (QED) is 0.321. The SMILES string of the molecule is COC(=O)c1cccc(CN(CCC(C)C)Cc2cccn2Cc2ccc(C(F)(F)F)cc2)c1. The van der Waals surface area contributed by atoms with Gasteiger partial charge in [0, 0.05) is 31.5 Å². The Bertz CT molecular complexity index is 1070. The second-order valence-electron chi connectivity index (χ2n) is 8.91. The summed E-state index contributed by atoms with van der Waals surface area (Å²) in [6, 6.07) is 16.8. The number of esters is 1. The summed E-state index contributed by atoms with van der Waals surface area (Å²) >= 11 is 0. The summed E-state index contributed by atoms with van der Waals surface area (Å²) < 4.78 is 45.5. The minimum atomic E-state index is -4.33. The van der Waals surface area contributed by atoms with E-state index in [4.69, 9.17) is 4.74 Å². The molecule has 4 nitrogen and oxygen atoms in total. The van der Waals surface area contributed by atoms with E-state index < -0.39 is 11.7 Å². The lowest BCUT2D eigenvalue weighted by atomic mass is 10.1. The maximum atomic E-state index is 12.9. The summed E-state index contributed by atoms with van der Waals surface area (Å²) in [5.74, 6) is 0.184. The van der Waals surface area contributed by atoms with E-state index in [2.05, 4.69) is 23.3 Å². The third-order valence-electron chi connectivity index (χ3n) is 5.72. The number of alkyl halides is 3. The van der Waals surface area contributed by atoms with Crippen LogP contribution in [-0.4, -0.2) is 29.1 Å². The molecule has 0 aliphatic heterocycles. The number of rotatable bonds is 10. The van der Waals surface area contributed by atoms with Gasteiger partial charge in [0.1, 0.15) is 0 Å². The molecule has 0 aliphatic carbocycles. The number of ether oxygens (including phenoxy) is 1. The second kappa shape index (κ2) is 11.4. The topological polar surface area (TPSA) is 34.5 Å². The van der Waals surface area contributed by atoms with E-state index in [1.165, 1.54) is 19.2 Å². The van der Waals surface area contributed by atoms with E-state index in [0.717, 1.165) is 41.9 Å². The van der Waals surface area contributed by atoms with Crippen LogP contribution < -0.4 is 0 Å². The van der Waals surface area contributed by atoms with Crippen molar-refractivity contribution in [3.8, 4) is 0 Å². The van der Waals surface area contributed by atoms with Crippen LogP contribution in [0.2, 0.25) is 0 Å². The maximum Gasteiger partial charge on any atom is 0.416 e. The molecule has 0 spiro atoms. The first-order valence-electron chi connectivity index (χ1n) is 11.4. The minimum absolute atomic E-state index is 0.360. The second-order valence-corrected chi connectivity index (χ2v) is 8.91. The Morgan fingerprint density at radius 3 is 2.38 bits per heavy atom. The van der Waals surface area contributed by atoms with Crippen molar-refractivity contribution in [2.75, 3.05) is 13.7 Å². The first-order chi connectivity index (χ1) is 16.2. The molecule has 0 amide bonds. The van der Waals surface area contributed by atoms with Crippen LogP contribution in [0.25, 0.3) is 0 Å². The van der Waals surface area contributed by atoms with E-state index in [1.54, 1.807) is 6.07 Å². The number of methoxy groups -OCH3 is 1. The largest absolute Gasteiger partial charge is 0.465 e. The molecule has 0 radical (unpaired) electrons. The average Bonchev–Trinajstić information content (AvgIpc) is 3.23. The number of hydrogen-bond acceptors (Lipinski definition) is 3. The Kier molecular flexibility index (Phi) is 8.56. The maximum absolute atomic E-state index is 12.9. The van der Waals surface area contributed by atoms with Crippen molar-refractivity contribution in [2.45, 2.75) is 46.1 Å². The molecule has 1 heterocycles. The molecule has 7 heteroatoms. The van der Waals surface area contributed by atoms with Gasteiger partial charge >= 0.3 is 12.1 Å². The first kappa shape index (κ1) is 25.6. The Hall–Kier alpha value is -3.06. The zero-order chi connectivity index (χ0) is 24.7. The molecule has 1 aromatic heterocycles. The van der Waals surface area contributed by atoms with Crippen LogP contribution in [0.1, 0.15) is 53.0 Å². The summed E-state index contributed by atoms with van der Waals surface area (Å²) in [6.45, 7) is 7.10. The molecule has 3 aromatic rings. The molecule has 0 aliphatic rings. The van der Waals surface area contributed by atoms with Crippen molar-refractivity contribution in [1.29, 1.82) is 0 Å². The van der Waals surface area contributed by atoms with Crippen molar-refractivity contribution in [1.82, 2.24) is 9.47 Å². The number of halogens is 3. The van der Waals surface area contributed by atoms with Crippen molar-refractivity contribution in [3.05, 3.63) is 94.8 Å². The summed E-state index contributed by atoms with van der Waals surface area (Å²) in [4.78, 5) is 14.2. The summed E-state index contributed by atoms with van der Waals surface area (Å²) in [5.41, 5.74) is 2.79. The van der Waals surface area contributed by atoms with Crippen LogP contribution in [-0.2, 0) is 30.5 Å². The zero-order valence-electron chi connectivity index (χ0n) is 19.8. The van der Waals surface area contributed by atoms with Crippen LogP contribution in [0.4, 0.5) is 13.2 Å². The first-order valence-corrected chi connectivity index (χ1v) is 11.4. The fraction of sp³-hybridized carbons (Fsp3) is 0.370.